The van der Waals surface area contributed by atoms with Crippen molar-refractivity contribution in [1.82, 2.24) is 5.32 Å². The minimum atomic E-state index is -3.46. The molecule has 1 saturated heterocycles. The van der Waals surface area contributed by atoms with Crippen LogP contribution in [-0.2, 0) is 9.84 Å². The van der Waals surface area contributed by atoms with Crippen LogP contribution in [0, 0.1) is 0 Å². The van der Waals surface area contributed by atoms with E-state index in [0.29, 0.717) is 21.8 Å². The lowest BCUT2D eigenvalue weighted by atomic mass is 9.91. The van der Waals surface area contributed by atoms with Crippen LogP contribution in [0.1, 0.15) is 24.3 Å². The van der Waals surface area contributed by atoms with E-state index in [0.717, 1.165) is 25.9 Å². The summed E-state index contributed by atoms with van der Waals surface area (Å²) in [6, 6.07) is 14.8. The van der Waals surface area contributed by atoms with Crippen LogP contribution in [0.2, 0.25) is 0 Å². The third kappa shape index (κ3) is 3.05. The van der Waals surface area contributed by atoms with E-state index in [1.54, 1.807) is 30.3 Å². The molecule has 2 heterocycles. The SMILES string of the molecule is CN1c2ccc(S(=O)(=O)c3ccccc3)cc2[C@@H]2CCNCC[C@H]21.Cl. The van der Waals surface area contributed by atoms with Gasteiger partial charge in [0, 0.05) is 24.7 Å². The third-order valence-electron chi connectivity index (χ3n) is 5.35. The Bertz CT molecular complexity index is 855. The van der Waals surface area contributed by atoms with Crippen LogP contribution in [0.3, 0.4) is 0 Å². The molecule has 0 aliphatic carbocycles. The molecule has 25 heavy (non-hydrogen) atoms. The number of likely N-dealkylation sites (N-methyl/N-ethyl adjacent to an activating group) is 1. The van der Waals surface area contributed by atoms with Crippen LogP contribution in [0.5, 0.6) is 0 Å². The fraction of sp³-hybridized carbons (Fsp3) is 0.368. The minimum Gasteiger partial charge on any atom is -0.371 e. The maximum atomic E-state index is 12.9. The Morgan fingerprint density at radius 1 is 1.00 bits per heavy atom. The molecule has 0 bridgehead atoms. The summed E-state index contributed by atoms with van der Waals surface area (Å²) in [7, 11) is -1.33. The lowest BCUT2D eigenvalue weighted by Gasteiger charge is -2.24. The quantitative estimate of drug-likeness (QED) is 0.871. The molecule has 6 heteroatoms. The first-order valence-electron chi connectivity index (χ1n) is 8.46. The van der Waals surface area contributed by atoms with Gasteiger partial charge in [-0.3, -0.25) is 0 Å². The van der Waals surface area contributed by atoms with Gasteiger partial charge in [0.15, 0.2) is 0 Å². The van der Waals surface area contributed by atoms with Crippen molar-refractivity contribution >= 4 is 27.9 Å². The first-order chi connectivity index (χ1) is 11.6. The zero-order chi connectivity index (χ0) is 16.7. The van der Waals surface area contributed by atoms with Crippen molar-refractivity contribution < 1.29 is 8.42 Å². The van der Waals surface area contributed by atoms with E-state index >= 15 is 0 Å². The monoisotopic (exact) mass is 378 g/mol. The molecular formula is C19H23ClN2O2S. The van der Waals surface area contributed by atoms with Gasteiger partial charge in [0.1, 0.15) is 0 Å². The van der Waals surface area contributed by atoms with Gasteiger partial charge in [0.25, 0.3) is 0 Å². The predicted molar refractivity (Wildman–Crippen MR) is 103 cm³/mol. The number of nitrogens with zero attached hydrogens (tertiary/aromatic N) is 1. The van der Waals surface area contributed by atoms with E-state index in [4.69, 9.17) is 0 Å². The Hall–Kier alpha value is -1.56. The first-order valence-corrected chi connectivity index (χ1v) is 9.95. The lowest BCUT2D eigenvalue weighted by molar-refractivity contribution is 0.531. The van der Waals surface area contributed by atoms with Crippen molar-refractivity contribution in [2.75, 3.05) is 25.0 Å². The molecule has 0 spiro atoms. The van der Waals surface area contributed by atoms with Gasteiger partial charge >= 0.3 is 0 Å². The Morgan fingerprint density at radius 2 is 1.72 bits per heavy atom. The van der Waals surface area contributed by atoms with E-state index in [1.807, 2.05) is 18.2 Å². The highest BCUT2D eigenvalue weighted by atomic mass is 35.5. The first kappa shape index (κ1) is 18.2. The number of hydrogen-bond acceptors (Lipinski definition) is 4. The highest BCUT2D eigenvalue weighted by molar-refractivity contribution is 7.91. The van der Waals surface area contributed by atoms with Gasteiger partial charge in [0.05, 0.1) is 9.79 Å². The molecular weight excluding hydrogens is 356 g/mol. The van der Waals surface area contributed by atoms with Gasteiger partial charge in [-0.25, -0.2) is 8.42 Å². The molecule has 0 radical (unpaired) electrons. The van der Waals surface area contributed by atoms with Crippen molar-refractivity contribution in [3.05, 3.63) is 54.1 Å². The molecule has 1 fully saturated rings. The lowest BCUT2D eigenvalue weighted by Crippen LogP contribution is -2.30. The minimum absolute atomic E-state index is 0. The maximum Gasteiger partial charge on any atom is 0.206 e. The van der Waals surface area contributed by atoms with E-state index in [9.17, 15) is 8.42 Å². The summed E-state index contributed by atoms with van der Waals surface area (Å²) in [6.07, 6.45) is 2.15. The third-order valence-corrected chi connectivity index (χ3v) is 7.12. The molecule has 2 aromatic rings. The number of anilines is 1. The highest BCUT2D eigenvalue weighted by Crippen LogP contribution is 2.44. The second kappa shape index (κ2) is 6.98. The van der Waals surface area contributed by atoms with Crippen LogP contribution in [0.4, 0.5) is 5.69 Å². The van der Waals surface area contributed by atoms with Gasteiger partial charge in [0.2, 0.25) is 9.84 Å². The number of benzene rings is 2. The number of fused-ring (bicyclic) bond motifs is 3. The van der Waals surface area contributed by atoms with Crippen LogP contribution in [-0.4, -0.2) is 34.6 Å². The molecule has 0 saturated carbocycles. The van der Waals surface area contributed by atoms with Crippen LogP contribution < -0.4 is 10.2 Å². The molecule has 0 amide bonds. The summed E-state index contributed by atoms with van der Waals surface area (Å²) >= 11 is 0. The summed E-state index contributed by atoms with van der Waals surface area (Å²) in [4.78, 5) is 3.08. The number of rotatable bonds is 2. The normalized spacial score (nSPS) is 22.5. The summed E-state index contributed by atoms with van der Waals surface area (Å²) in [6.45, 7) is 2.01. The molecule has 2 aromatic carbocycles. The van der Waals surface area contributed by atoms with E-state index in [1.165, 1.54) is 11.3 Å². The number of sulfone groups is 1. The largest absolute Gasteiger partial charge is 0.371 e. The fourth-order valence-electron chi connectivity index (χ4n) is 4.08. The number of hydrogen-bond donors (Lipinski definition) is 1. The molecule has 2 aliphatic rings. The smallest absolute Gasteiger partial charge is 0.206 e. The molecule has 2 aliphatic heterocycles. The highest BCUT2D eigenvalue weighted by Gasteiger charge is 2.37. The fourth-order valence-corrected chi connectivity index (χ4v) is 5.40. The average molecular weight is 379 g/mol. The molecule has 134 valence electrons. The Balaban J connectivity index is 0.00000182. The molecule has 0 unspecified atom stereocenters. The summed E-state index contributed by atoms with van der Waals surface area (Å²) < 4.78 is 25.8. The standard InChI is InChI=1S/C19H22N2O2S.ClH/c1-21-18-8-7-15(24(22,23)14-5-3-2-4-6-14)13-17(18)16-9-11-20-12-10-19(16)21;/h2-8,13,16,19-20H,9-12H2,1H3;1H/t16-,19+;/m0./s1. The van der Waals surface area contributed by atoms with Gasteiger partial charge in [-0.15, -0.1) is 12.4 Å². The second-order valence-corrected chi connectivity index (χ2v) is 8.60. The van der Waals surface area contributed by atoms with Gasteiger partial charge < -0.3 is 10.2 Å². The Labute approximate surface area is 155 Å². The number of halogens is 1. The summed E-state index contributed by atoms with van der Waals surface area (Å²) in [5, 5.41) is 3.45. The van der Waals surface area contributed by atoms with Crippen molar-refractivity contribution in [3.63, 3.8) is 0 Å². The molecule has 0 aromatic heterocycles. The number of nitrogens with one attached hydrogen (secondary N) is 1. The predicted octanol–water partition coefficient (Wildman–Crippen LogP) is 3.23. The van der Waals surface area contributed by atoms with Crippen LogP contribution in [0.15, 0.2) is 58.3 Å². The topological polar surface area (TPSA) is 49.4 Å². The van der Waals surface area contributed by atoms with Crippen molar-refractivity contribution in [2.24, 2.45) is 0 Å². The van der Waals surface area contributed by atoms with Gasteiger partial charge in [-0.2, -0.15) is 0 Å². The van der Waals surface area contributed by atoms with Gasteiger partial charge in [-0.05, 0) is 61.8 Å². The van der Waals surface area contributed by atoms with E-state index in [-0.39, 0.29) is 12.4 Å². The van der Waals surface area contributed by atoms with Crippen LogP contribution >= 0.6 is 12.4 Å². The van der Waals surface area contributed by atoms with Crippen molar-refractivity contribution in [2.45, 2.75) is 34.6 Å². The zero-order valence-corrected chi connectivity index (χ0v) is 15.8. The van der Waals surface area contributed by atoms with Crippen molar-refractivity contribution in [1.29, 1.82) is 0 Å². The zero-order valence-electron chi connectivity index (χ0n) is 14.2. The molecule has 4 nitrogen and oxygen atoms in total. The van der Waals surface area contributed by atoms with E-state index in [2.05, 4.69) is 17.3 Å². The summed E-state index contributed by atoms with van der Waals surface area (Å²) in [5.41, 5.74) is 2.36. The Morgan fingerprint density at radius 3 is 2.48 bits per heavy atom. The van der Waals surface area contributed by atoms with Gasteiger partial charge in [-0.1, -0.05) is 18.2 Å². The molecule has 4 rings (SSSR count). The maximum absolute atomic E-state index is 12.9. The molecule has 2 atom stereocenters. The van der Waals surface area contributed by atoms with E-state index < -0.39 is 9.84 Å². The Kier molecular flexibility index (Phi) is 5.09. The second-order valence-electron chi connectivity index (χ2n) is 6.65. The molecule has 1 N–H and O–H groups in total. The van der Waals surface area contributed by atoms with Crippen LogP contribution in [0.25, 0.3) is 0 Å². The van der Waals surface area contributed by atoms with Crippen molar-refractivity contribution in [3.8, 4) is 0 Å². The average Bonchev–Trinajstić information content (AvgIpc) is 2.78. The summed E-state index contributed by atoms with van der Waals surface area (Å²) in [5.74, 6) is 0.408.